The Balaban J connectivity index is 1.30. The Morgan fingerprint density at radius 3 is 2.55 bits per heavy atom. The van der Waals surface area contributed by atoms with Gasteiger partial charge in [0.2, 0.25) is 0 Å². The highest BCUT2D eigenvalue weighted by molar-refractivity contribution is 6.30. The van der Waals surface area contributed by atoms with E-state index in [2.05, 4.69) is 20.3 Å². The smallest absolute Gasteiger partial charge is 0.410 e. The molecule has 0 radical (unpaired) electrons. The van der Waals surface area contributed by atoms with E-state index in [-0.39, 0.29) is 23.7 Å². The van der Waals surface area contributed by atoms with Crippen molar-refractivity contribution in [2.45, 2.75) is 45.3 Å². The number of carbonyl (C=O) groups is 2. The quantitative estimate of drug-likeness (QED) is 0.315. The van der Waals surface area contributed by atoms with Crippen molar-refractivity contribution in [1.29, 1.82) is 0 Å². The average Bonchev–Trinajstić information content (AvgIpc) is 3.35. The molecular formula is C30H33ClN6O3. The highest BCUT2D eigenvalue weighted by Crippen LogP contribution is 2.30. The molecule has 0 atom stereocenters. The van der Waals surface area contributed by atoms with Gasteiger partial charge in [0.1, 0.15) is 11.3 Å². The number of amides is 2. The normalized spacial score (nSPS) is 14.3. The van der Waals surface area contributed by atoms with E-state index in [0.717, 1.165) is 42.7 Å². The Bertz CT molecular complexity index is 1540. The van der Waals surface area contributed by atoms with Crippen LogP contribution in [0.2, 0.25) is 5.02 Å². The van der Waals surface area contributed by atoms with Crippen molar-refractivity contribution in [2.75, 3.05) is 30.4 Å². The van der Waals surface area contributed by atoms with Gasteiger partial charge in [0.05, 0.1) is 17.6 Å². The summed E-state index contributed by atoms with van der Waals surface area (Å²) in [6.07, 6.45) is 4.73. The third-order valence-electron chi connectivity index (χ3n) is 6.92. The van der Waals surface area contributed by atoms with E-state index >= 15 is 0 Å². The third kappa shape index (κ3) is 6.04. The van der Waals surface area contributed by atoms with Crippen molar-refractivity contribution in [3.63, 3.8) is 0 Å². The molecule has 2 aromatic heterocycles. The number of anilines is 2. The zero-order valence-corrected chi connectivity index (χ0v) is 23.9. The Kier molecular flexibility index (Phi) is 7.67. The van der Waals surface area contributed by atoms with Gasteiger partial charge in [-0.1, -0.05) is 35.9 Å². The number of para-hydroxylation sites is 2. The fraction of sp³-hybridized carbons (Fsp3) is 0.333. The largest absolute Gasteiger partial charge is 0.444 e. The lowest BCUT2D eigenvalue weighted by Crippen LogP contribution is -2.47. The van der Waals surface area contributed by atoms with Gasteiger partial charge in [-0.3, -0.25) is 4.79 Å². The van der Waals surface area contributed by atoms with Crippen LogP contribution in [0.15, 0.2) is 67.0 Å². The molecule has 1 N–H and O–H groups in total. The Labute approximate surface area is 238 Å². The number of ether oxygens (including phenoxy) is 1. The Hall–Kier alpha value is -4.11. The fourth-order valence-electron chi connectivity index (χ4n) is 4.87. The number of nitrogens with one attached hydrogen (secondary N) is 1. The molecule has 1 aliphatic rings. The fourth-order valence-corrected chi connectivity index (χ4v) is 5.06. The van der Waals surface area contributed by atoms with Crippen molar-refractivity contribution in [2.24, 2.45) is 0 Å². The summed E-state index contributed by atoms with van der Waals surface area (Å²) in [5.74, 6) is -0.312. The summed E-state index contributed by atoms with van der Waals surface area (Å²) in [7, 11) is 1.80. The molecule has 1 aliphatic heterocycles. The second-order valence-electron chi connectivity index (χ2n) is 10.9. The van der Waals surface area contributed by atoms with Crippen molar-refractivity contribution in [3.8, 4) is 11.1 Å². The van der Waals surface area contributed by atoms with Gasteiger partial charge in [-0.05, 0) is 69.5 Å². The van der Waals surface area contributed by atoms with E-state index in [4.69, 9.17) is 16.3 Å². The minimum atomic E-state index is -0.530. The van der Waals surface area contributed by atoms with Crippen LogP contribution in [0.5, 0.6) is 0 Å². The molecular weight excluding hydrogens is 528 g/mol. The first-order valence-corrected chi connectivity index (χ1v) is 13.7. The molecule has 0 aliphatic carbocycles. The first-order chi connectivity index (χ1) is 19.1. The number of aromatic nitrogens is 3. The molecule has 0 unspecified atom stereocenters. The van der Waals surface area contributed by atoms with E-state index in [1.165, 1.54) is 0 Å². The summed E-state index contributed by atoms with van der Waals surface area (Å²) >= 11 is 6.19. The first kappa shape index (κ1) is 27.5. The molecule has 1 fully saturated rings. The van der Waals surface area contributed by atoms with Crippen LogP contribution in [0.3, 0.4) is 0 Å². The van der Waals surface area contributed by atoms with Crippen LogP contribution >= 0.6 is 11.6 Å². The highest BCUT2D eigenvalue weighted by Gasteiger charge is 2.29. The molecule has 2 amide bonds. The summed E-state index contributed by atoms with van der Waals surface area (Å²) < 4.78 is 7.18. The third-order valence-corrected chi connectivity index (χ3v) is 7.16. The molecule has 4 aromatic rings. The monoisotopic (exact) mass is 560 g/mol. The van der Waals surface area contributed by atoms with Crippen LogP contribution in [0.4, 0.5) is 16.2 Å². The topological polar surface area (TPSA) is 92.1 Å². The molecule has 3 heterocycles. The molecule has 1 saturated heterocycles. The zero-order valence-electron chi connectivity index (χ0n) is 23.1. The molecule has 10 heteroatoms. The van der Waals surface area contributed by atoms with Gasteiger partial charge >= 0.3 is 6.09 Å². The molecule has 5 rings (SSSR count). The molecule has 40 heavy (non-hydrogen) atoms. The number of fused-ring (bicyclic) bond motifs is 1. The standard InChI is InChI=1S/C30H33ClN6O3/c1-30(2,3)40-29(39)35(4)22-12-15-36(16-13-22)26-11-6-5-10-24(26)34-28(38)25-14-17-37-27(33-25)23(19-32-37)20-8-7-9-21(31)18-20/h5-11,14,17-19,22H,12-13,15-16H2,1-4H3,(H,34,38). The number of piperidine rings is 1. The van der Waals surface area contributed by atoms with Crippen LogP contribution in [-0.4, -0.2) is 63.3 Å². The number of nitrogens with zero attached hydrogens (tertiary/aromatic N) is 5. The van der Waals surface area contributed by atoms with Crippen molar-refractivity contribution in [1.82, 2.24) is 19.5 Å². The van der Waals surface area contributed by atoms with Gasteiger partial charge < -0.3 is 19.9 Å². The second-order valence-corrected chi connectivity index (χ2v) is 11.4. The van der Waals surface area contributed by atoms with Gasteiger partial charge in [0.15, 0.2) is 5.65 Å². The number of benzene rings is 2. The molecule has 9 nitrogen and oxygen atoms in total. The van der Waals surface area contributed by atoms with E-state index in [9.17, 15) is 9.59 Å². The predicted molar refractivity (Wildman–Crippen MR) is 157 cm³/mol. The number of hydrogen-bond acceptors (Lipinski definition) is 6. The first-order valence-electron chi connectivity index (χ1n) is 13.3. The van der Waals surface area contributed by atoms with Crippen molar-refractivity contribution < 1.29 is 14.3 Å². The number of halogens is 1. The van der Waals surface area contributed by atoms with Crippen molar-refractivity contribution >= 4 is 40.6 Å². The van der Waals surface area contributed by atoms with Crippen LogP contribution in [-0.2, 0) is 4.74 Å². The van der Waals surface area contributed by atoms with Crippen LogP contribution < -0.4 is 10.2 Å². The van der Waals surface area contributed by atoms with E-state index in [1.807, 2.05) is 69.3 Å². The summed E-state index contributed by atoms with van der Waals surface area (Å²) in [6.45, 7) is 7.09. The van der Waals surface area contributed by atoms with E-state index in [0.29, 0.717) is 16.4 Å². The minimum absolute atomic E-state index is 0.0909. The maximum Gasteiger partial charge on any atom is 0.410 e. The number of hydrogen-bond donors (Lipinski definition) is 1. The average molecular weight is 561 g/mol. The van der Waals surface area contributed by atoms with Gasteiger partial charge in [-0.25, -0.2) is 14.3 Å². The Morgan fingerprint density at radius 1 is 1.07 bits per heavy atom. The van der Waals surface area contributed by atoms with Crippen LogP contribution in [0, 0.1) is 0 Å². The maximum absolute atomic E-state index is 13.3. The highest BCUT2D eigenvalue weighted by atomic mass is 35.5. The molecule has 0 spiro atoms. The lowest BCUT2D eigenvalue weighted by Gasteiger charge is -2.38. The lowest BCUT2D eigenvalue weighted by atomic mass is 10.0. The zero-order chi connectivity index (χ0) is 28.4. The van der Waals surface area contributed by atoms with Crippen LogP contribution in [0.25, 0.3) is 16.8 Å². The lowest BCUT2D eigenvalue weighted by molar-refractivity contribution is 0.0201. The van der Waals surface area contributed by atoms with E-state index < -0.39 is 5.60 Å². The minimum Gasteiger partial charge on any atom is -0.444 e. The molecule has 0 bridgehead atoms. The molecule has 208 valence electrons. The molecule has 2 aromatic carbocycles. The van der Waals surface area contributed by atoms with Gasteiger partial charge in [-0.2, -0.15) is 5.10 Å². The summed E-state index contributed by atoms with van der Waals surface area (Å²) in [6, 6.07) is 16.9. The Morgan fingerprint density at radius 2 is 1.82 bits per heavy atom. The second kappa shape index (κ2) is 11.2. The summed E-state index contributed by atoms with van der Waals surface area (Å²) in [5.41, 5.74) is 3.62. The maximum atomic E-state index is 13.3. The predicted octanol–water partition coefficient (Wildman–Crippen LogP) is 6.14. The summed E-state index contributed by atoms with van der Waals surface area (Å²) in [4.78, 5) is 34.4. The van der Waals surface area contributed by atoms with Gasteiger partial charge in [0.25, 0.3) is 5.91 Å². The van der Waals surface area contributed by atoms with Gasteiger partial charge in [0, 0.05) is 43.0 Å². The summed E-state index contributed by atoms with van der Waals surface area (Å²) in [5, 5.41) is 8.03. The van der Waals surface area contributed by atoms with E-state index in [1.54, 1.807) is 34.9 Å². The number of carbonyl (C=O) groups excluding carboxylic acids is 2. The molecule has 0 saturated carbocycles. The van der Waals surface area contributed by atoms with Crippen LogP contribution in [0.1, 0.15) is 44.1 Å². The van der Waals surface area contributed by atoms with Gasteiger partial charge in [-0.15, -0.1) is 0 Å². The van der Waals surface area contributed by atoms with Crippen molar-refractivity contribution in [3.05, 3.63) is 77.7 Å². The SMILES string of the molecule is CN(C(=O)OC(C)(C)C)C1CCN(c2ccccc2NC(=O)c2ccn3ncc(-c4cccc(Cl)c4)c3n2)CC1. The number of rotatable bonds is 5.